The van der Waals surface area contributed by atoms with Crippen LogP contribution in [0.25, 0.3) is 0 Å². The number of hydrogen-bond acceptors (Lipinski definition) is 2. The first-order chi connectivity index (χ1) is 6.47. The average Bonchev–Trinajstić information content (AvgIpc) is 2.18. The SMILES string of the molecule is CCC(F)(F)C(=O)N1CCC(O)CC1. The molecule has 0 aromatic rings. The molecule has 1 aliphatic rings. The highest BCUT2D eigenvalue weighted by Crippen LogP contribution is 2.23. The molecule has 0 spiro atoms. The molecule has 14 heavy (non-hydrogen) atoms. The van der Waals surface area contributed by atoms with Crippen LogP contribution in [-0.4, -0.2) is 41.0 Å². The molecule has 1 saturated heterocycles. The predicted octanol–water partition coefficient (Wildman–Crippen LogP) is 1.02. The first kappa shape index (κ1) is 11.4. The second-order valence-electron chi connectivity index (χ2n) is 3.58. The van der Waals surface area contributed by atoms with Gasteiger partial charge in [-0.3, -0.25) is 4.79 Å². The molecule has 82 valence electrons. The van der Waals surface area contributed by atoms with Crippen LogP contribution >= 0.6 is 0 Å². The summed E-state index contributed by atoms with van der Waals surface area (Å²) in [5, 5.41) is 9.14. The molecule has 1 amide bonds. The molecule has 0 aromatic carbocycles. The lowest BCUT2D eigenvalue weighted by atomic mass is 10.1. The summed E-state index contributed by atoms with van der Waals surface area (Å²) in [4.78, 5) is 12.4. The van der Waals surface area contributed by atoms with Gasteiger partial charge >= 0.3 is 5.92 Å². The van der Waals surface area contributed by atoms with Gasteiger partial charge in [0.1, 0.15) is 0 Å². The zero-order valence-corrected chi connectivity index (χ0v) is 8.17. The van der Waals surface area contributed by atoms with E-state index in [2.05, 4.69) is 0 Å². The molecule has 0 saturated carbocycles. The number of aliphatic hydroxyl groups excluding tert-OH is 1. The minimum Gasteiger partial charge on any atom is -0.393 e. The number of carbonyl (C=O) groups excluding carboxylic acids is 1. The summed E-state index contributed by atoms with van der Waals surface area (Å²) in [5.74, 6) is -4.35. The molecule has 5 heteroatoms. The maximum Gasteiger partial charge on any atom is 0.324 e. The highest BCUT2D eigenvalue weighted by atomic mass is 19.3. The van der Waals surface area contributed by atoms with Crippen LogP contribution in [0.4, 0.5) is 8.78 Å². The van der Waals surface area contributed by atoms with Crippen LogP contribution in [0.2, 0.25) is 0 Å². The monoisotopic (exact) mass is 207 g/mol. The Morgan fingerprint density at radius 2 is 2.00 bits per heavy atom. The van der Waals surface area contributed by atoms with E-state index in [-0.39, 0.29) is 13.1 Å². The molecule has 1 fully saturated rings. The molecule has 1 aliphatic heterocycles. The van der Waals surface area contributed by atoms with Crippen molar-refractivity contribution in [1.29, 1.82) is 0 Å². The van der Waals surface area contributed by atoms with E-state index in [4.69, 9.17) is 5.11 Å². The van der Waals surface area contributed by atoms with E-state index in [1.807, 2.05) is 0 Å². The smallest absolute Gasteiger partial charge is 0.324 e. The van der Waals surface area contributed by atoms with Crippen LogP contribution in [0.5, 0.6) is 0 Å². The van der Waals surface area contributed by atoms with Gasteiger partial charge in [0.05, 0.1) is 6.10 Å². The standard InChI is InChI=1S/C9H15F2NO2/c1-2-9(10,11)8(14)12-5-3-7(13)4-6-12/h7,13H,2-6H2,1H3. The Morgan fingerprint density at radius 3 is 2.43 bits per heavy atom. The van der Waals surface area contributed by atoms with Crippen LogP contribution in [-0.2, 0) is 4.79 Å². The van der Waals surface area contributed by atoms with Crippen molar-refractivity contribution in [1.82, 2.24) is 4.90 Å². The molecule has 0 bridgehead atoms. The third-order valence-corrected chi connectivity index (χ3v) is 2.51. The number of rotatable bonds is 2. The van der Waals surface area contributed by atoms with Crippen LogP contribution in [0.3, 0.4) is 0 Å². The lowest BCUT2D eigenvalue weighted by Gasteiger charge is -2.31. The van der Waals surface area contributed by atoms with E-state index in [1.165, 1.54) is 6.92 Å². The van der Waals surface area contributed by atoms with Crippen molar-refractivity contribution < 1.29 is 18.7 Å². The number of aliphatic hydroxyl groups is 1. The van der Waals surface area contributed by atoms with Crippen molar-refractivity contribution in [3.63, 3.8) is 0 Å². The van der Waals surface area contributed by atoms with Crippen LogP contribution in [0.1, 0.15) is 26.2 Å². The quantitative estimate of drug-likeness (QED) is 0.734. The number of piperidine rings is 1. The summed E-state index contributed by atoms with van der Waals surface area (Å²) >= 11 is 0. The Labute approximate surface area is 81.7 Å². The second kappa shape index (κ2) is 4.21. The number of amides is 1. The molecule has 0 radical (unpaired) electrons. The Balaban J connectivity index is 2.54. The molecule has 1 heterocycles. The second-order valence-corrected chi connectivity index (χ2v) is 3.58. The summed E-state index contributed by atoms with van der Waals surface area (Å²) in [6.07, 6.45) is -0.128. The first-order valence-corrected chi connectivity index (χ1v) is 4.82. The molecule has 0 aliphatic carbocycles. The van der Waals surface area contributed by atoms with Gasteiger partial charge in [0.2, 0.25) is 0 Å². The average molecular weight is 207 g/mol. The molecule has 3 nitrogen and oxygen atoms in total. The van der Waals surface area contributed by atoms with Gasteiger partial charge in [0, 0.05) is 19.5 Å². The fourth-order valence-electron chi connectivity index (χ4n) is 1.45. The van der Waals surface area contributed by atoms with Crippen molar-refractivity contribution in [3.05, 3.63) is 0 Å². The number of hydrogen-bond donors (Lipinski definition) is 1. The summed E-state index contributed by atoms with van der Waals surface area (Å²) in [7, 11) is 0. The molecular weight excluding hydrogens is 192 g/mol. The van der Waals surface area contributed by atoms with Crippen molar-refractivity contribution in [2.45, 2.75) is 38.2 Å². The Bertz CT molecular complexity index is 213. The van der Waals surface area contributed by atoms with Gasteiger partial charge in [-0.2, -0.15) is 8.78 Å². The van der Waals surface area contributed by atoms with E-state index in [9.17, 15) is 13.6 Å². The zero-order valence-electron chi connectivity index (χ0n) is 8.17. The number of carbonyl (C=O) groups is 1. The van der Waals surface area contributed by atoms with Crippen molar-refractivity contribution in [2.75, 3.05) is 13.1 Å². The van der Waals surface area contributed by atoms with Gasteiger partial charge in [-0.1, -0.05) is 6.92 Å². The van der Waals surface area contributed by atoms with Gasteiger partial charge in [-0.15, -0.1) is 0 Å². The van der Waals surface area contributed by atoms with Crippen LogP contribution in [0.15, 0.2) is 0 Å². The third kappa shape index (κ3) is 2.41. The fourth-order valence-corrected chi connectivity index (χ4v) is 1.45. The van der Waals surface area contributed by atoms with Gasteiger partial charge in [0.25, 0.3) is 5.91 Å². The summed E-state index contributed by atoms with van der Waals surface area (Å²) in [6, 6.07) is 0. The molecule has 0 atom stereocenters. The van der Waals surface area contributed by atoms with E-state index in [0.29, 0.717) is 12.8 Å². The zero-order chi connectivity index (χ0) is 10.8. The molecule has 0 aromatic heterocycles. The van der Waals surface area contributed by atoms with Crippen LogP contribution < -0.4 is 0 Å². The fraction of sp³-hybridized carbons (Fsp3) is 0.889. The summed E-state index contributed by atoms with van der Waals surface area (Å²) in [5.41, 5.74) is 0. The molecule has 0 unspecified atom stereocenters. The minimum atomic E-state index is -3.25. The number of halogens is 2. The Kier molecular flexibility index (Phi) is 3.42. The third-order valence-electron chi connectivity index (χ3n) is 2.51. The molecule has 1 N–H and O–H groups in total. The van der Waals surface area contributed by atoms with Crippen molar-refractivity contribution >= 4 is 5.91 Å². The van der Waals surface area contributed by atoms with E-state index < -0.39 is 24.4 Å². The van der Waals surface area contributed by atoms with E-state index in [1.54, 1.807) is 0 Å². The van der Waals surface area contributed by atoms with Gasteiger partial charge < -0.3 is 10.0 Å². The predicted molar refractivity (Wildman–Crippen MR) is 47.1 cm³/mol. The summed E-state index contributed by atoms with van der Waals surface area (Å²) < 4.78 is 25.9. The summed E-state index contributed by atoms with van der Waals surface area (Å²) in [6.45, 7) is 1.75. The minimum absolute atomic E-state index is 0.232. The van der Waals surface area contributed by atoms with Gasteiger partial charge in [-0.05, 0) is 12.8 Å². The number of nitrogens with zero attached hydrogens (tertiary/aromatic N) is 1. The lowest BCUT2D eigenvalue weighted by molar-refractivity contribution is -0.159. The topological polar surface area (TPSA) is 40.5 Å². The Morgan fingerprint density at radius 1 is 1.50 bits per heavy atom. The van der Waals surface area contributed by atoms with Gasteiger partial charge in [-0.25, -0.2) is 0 Å². The van der Waals surface area contributed by atoms with Gasteiger partial charge in [0.15, 0.2) is 0 Å². The van der Waals surface area contributed by atoms with Crippen LogP contribution in [0, 0.1) is 0 Å². The van der Waals surface area contributed by atoms with Crippen molar-refractivity contribution in [3.8, 4) is 0 Å². The highest BCUT2D eigenvalue weighted by molar-refractivity contribution is 5.83. The molecule has 1 rings (SSSR count). The normalized spacial score (nSPS) is 19.9. The number of likely N-dealkylation sites (tertiary alicyclic amines) is 1. The lowest BCUT2D eigenvalue weighted by Crippen LogP contribution is -2.47. The number of alkyl halides is 2. The van der Waals surface area contributed by atoms with Crippen molar-refractivity contribution in [2.24, 2.45) is 0 Å². The maximum atomic E-state index is 13.0. The maximum absolute atomic E-state index is 13.0. The molecular formula is C9H15F2NO2. The first-order valence-electron chi connectivity index (χ1n) is 4.82. The van der Waals surface area contributed by atoms with E-state index >= 15 is 0 Å². The van der Waals surface area contributed by atoms with E-state index in [0.717, 1.165) is 4.90 Å². The Hall–Kier alpha value is -0.710. The largest absolute Gasteiger partial charge is 0.393 e. The highest BCUT2D eigenvalue weighted by Gasteiger charge is 2.40.